The molecule has 1 atom stereocenters. The average molecular weight is 337 g/mol. The van der Waals surface area contributed by atoms with Gasteiger partial charge in [0.1, 0.15) is 5.75 Å². The molecular formula is C14H19N5O3S. The zero-order chi connectivity index (χ0) is 16.7. The maximum atomic E-state index is 11.9. The highest BCUT2D eigenvalue weighted by Crippen LogP contribution is 2.20. The number of benzene rings is 1. The minimum atomic E-state index is -0.0937. The fraction of sp³-hybridized carbons (Fsp3) is 0.429. The molecular weight excluding hydrogens is 318 g/mol. The second kappa shape index (κ2) is 8.49. The highest BCUT2D eigenvalue weighted by molar-refractivity contribution is 7.99. The number of hydrogen-bond donors (Lipinski definition) is 1. The summed E-state index contributed by atoms with van der Waals surface area (Å²) in [6.07, 6.45) is 0. The third kappa shape index (κ3) is 4.93. The first-order valence-corrected chi connectivity index (χ1v) is 7.96. The van der Waals surface area contributed by atoms with Gasteiger partial charge in [-0.05, 0) is 41.6 Å². The van der Waals surface area contributed by atoms with Crippen LogP contribution in [0.15, 0.2) is 29.4 Å². The van der Waals surface area contributed by atoms with Gasteiger partial charge >= 0.3 is 0 Å². The maximum Gasteiger partial charge on any atom is 0.230 e. The second-order valence-electron chi connectivity index (χ2n) is 4.78. The summed E-state index contributed by atoms with van der Waals surface area (Å²) in [5, 5.41) is 15.0. The molecule has 1 aromatic carbocycles. The molecule has 0 saturated carbocycles. The lowest BCUT2D eigenvalue weighted by molar-refractivity contribution is -0.119. The van der Waals surface area contributed by atoms with Crippen LogP contribution in [0.1, 0.15) is 6.92 Å². The van der Waals surface area contributed by atoms with Crippen LogP contribution in [0.2, 0.25) is 0 Å². The van der Waals surface area contributed by atoms with Gasteiger partial charge in [0.15, 0.2) is 0 Å². The lowest BCUT2D eigenvalue weighted by atomic mass is 10.3. The Kier molecular flexibility index (Phi) is 6.36. The van der Waals surface area contributed by atoms with Crippen molar-refractivity contribution in [2.24, 2.45) is 0 Å². The van der Waals surface area contributed by atoms with Gasteiger partial charge in [-0.25, -0.2) is 0 Å². The van der Waals surface area contributed by atoms with Crippen LogP contribution in [-0.2, 0) is 9.53 Å². The summed E-state index contributed by atoms with van der Waals surface area (Å²) in [6.45, 7) is 2.35. The number of ether oxygens (including phenoxy) is 2. The topological polar surface area (TPSA) is 91.2 Å². The first kappa shape index (κ1) is 17.2. The molecule has 0 aliphatic carbocycles. The number of nitrogens with one attached hydrogen (secondary N) is 1. The minimum Gasteiger partial charge on any atom is -0.497 e. The number of aromatic nitrogens is 4. The van der Waals surface area contributed by atoms with E-state index in [0.29, 0.717) is 11.8 Å². The van der Waals surface area contributed by atoms with E-state index in [4.69, 9.17) is 9.47 Å². The van der Waals surface area contributed by atoms with Crippen molar-refractivity contribution in [2.75, 3.05) is 26.6 Å². The molecule has 0 spiro atoms. The van der Waals surface area contributed by atoms with Gasteiger partial charge in [-0.2, -0.15) is 4.68 Å². The molecule has 0 aliphatic heterocycles. The van der Waals surface area contributed by atoms with Crippen molar-refractivity contribution >= 4 is 17.7 Å². The molecule has 23 heavy (non-hydrogen) atoms. The van der Waals surface area contributed by atoms with Gasteiger partial charge in [-0.3, -0.25) is 4.79 Å². The monoisotopic (exact) mass is 337 g/mol. The molecule has 1 N–H and O–H groups in total. The molecule has 9 heteroatoms. The molecule has 2 aromatic rings. The number of amides is 1. The van der Waals surface area contributed by atoms with Crippen molar-refractivity contribution < 1.29 is 14.3 Å². The third-order valence-electron chi connectivity index (χ3n) is 2.91. The van der Waals surface area contributed by atoms with Gasteiger partial charge in [0.2, 0.25) is 11.1 Å². The molecule has 1 amide bonds. The van der Waals surface area contributed by atoms with Crippen LogP contribution in [0.4, 0.5) is 0 Å². The fourth-order valence-electron chi connectivity index (χ4n) is 1.89. The first-order chi connectivity index (χ1) is 11.1. The molecule has 0 bridgehead atoms. The largest absolute Gasteiger partial charge is 0.497 e. The number of hydrogen-bond acceptors (Lipinski definition) is 7. The molecule has 124 valence electrons. The summed E-state index contributed by atoms with van der Waals surface area (Å²) in [5.41, 5.74) is 0.798. The molecule has 0 aliphatic rings. The van der Waals surface area contributed by atoms with Crippen LogP contribution in [0, 0.1) is 0 Å². The fourth-order valence-corrected chi connectivity index (χ4v) is 2.59. The van der Waals surface area contributed by atoms with E-state index in [2.05, 4.69) is 20.8 Å². The Morgan fingerprint density at radius 2 is 2.09 bits per heavy atom. The van der Waals surface area contributed by atoms with E-state index in [-0.39, 0.29) is 17.7 Å². The van der Waals surface area contributed by atoms with Crippen molar-refractivity contribution in [2.45, 2.75) is 18.1 Å². The number of carbonyl (C=O) groups excluding carboxylic acids is 1. The van der Waals surface area contributed by atoms with Crippen LogP contribution in [-0.4, -0.2) is 58.7 Å². The van der Waals surface area contributed by atoms with Crippen LogP contribution in [0.25, 0.3) is 5.69 Å². The molecule has 0 unspecified atom stereocenters. The minimum absolute atomic E-state index is 0.0364. The summed E-state index contributed by atoms with van der Waals surface area (Å²) >= 11 is 1.27. The average Bonchev–Trinajstić information content (AvgIpc) is 3.01. The zero-order valence-electron chi connectivity index (χ0n) is 13.2. The van der Waals surface area contributed by atoms with Crippen LogP contribution in [0.5, 0.6) is 5.75 Å². The number of methoxy groups -OCH3 is 2. The Bertz CT molecular complexity index is 632. The molecule has 2 rings (SSSR count). The Labute approximate surface area is 138 Å². The van der Waals surface area contributed by atoms with Crippen molar-refractivity contribution in [1.29, 1.82) is 0 Å². The Balaban J connectivity index is 1.96. The standard InChI is InChI=1S/C14H19N5O3S/c1-10(8-21-2)15-13(20)9-23-14-16-17-18-19(14)11-4-6-12(22-3)7-5-11/h4-7,10H,8-9H2,1-3H3,(H,15,20)/t10-/m0/s1. The van der Waals surface area contributed by atoms with E-state index < -0.39 is 0 Å². The van der Waals surface area contributed by atoms with Crippen molar-refractivity contribution in [3.05, 3.63) is 24.3 Å². The third-order valence-corrected chi connectivity index (χ3v) is 3.83. The predicted octanol–water partition coefficient (Wildman–Crippen LogP) is 0.914. The Morgan fingerprint density at radius 3 is 2.74 bits per heavy atom. The SMILES string of the molecule is COC[C@H](C)NC(=O)CSc1nnnn1-c1ccc(OC)cc1. The number of nitrogens with zero attached hydrogens (tertiary/aromatic N) is 4. The van der Waals surface area contributed by atoms with E-state index in [0.717, 1.165) is 11.4 Å². The van der Waals surface area contributed by atoms with Crippen LogP contribution in [0.3, 0.4) is 0 Å². The van der Waals surface area contributed by atoms with Gasteiger partial charge in [0.25, 0.3) is 0 Å². The van der Waals surface area contributed by atoms with E-state index in [1.54, 1.807) is 18.9 Å². The van der Waals surface area contributed by atoms with Gasteiger partial charge in [0, 0.05) is 13.2 Å². The zero-order valence-corrected chi connectivity index (χ0v) is 14.0. The van der Waals surface area contributed by atoms with Gasteiger partial charge < -0.3 is 14.8 Å². The van der Waals surface area contributed by atoms with E-state index >= 15 is 0 Å². The molecule has 0 radical (unpaired) electrons. The lowest BCUT2D eigenvalue weighted by Gasteiger charge is -2.12. The van der Waals surface area contributed by atoms with Gasteiger partial charge in [-0.1, -0.05) is 11.8 Å². The summed E-state index contributed by atoms with van der Waals surface area (Å²) in [7, 11) is 3.21. The molecule has 8 nitrogen and oxygen atoms in total. The van der Waals surface area contributed by atoms with Crippen LogP contribution < -0.4 is 10.1 Å². The molecule has 1 aromatic heterocycles. The first-order valence-electron chi connectivity index (χ1n) is 6.98. The van der Waals surface area contributed by atoms with Crippen molar-refractivity contribution in [3.63, 3.8) is 0 Å². The maximum absolute atomic E-state index is 11.9. The molecule has 0 saturated heterocycles. The van der Waals surface area contributed by atoms with Crippen LogP contribution >= 0.6 is 11.8 Å². The van der Waals surface area contributed by atoms with E-state index in [1.165, 1.54) is 11.8 Å². The highest BCUT2D eigenvalue weighted by atomic mass is 32.2. The number of carbonyl (C=O) groups is 1. The van der Waals surface area contributed by atoms with Crippen molar-refractivity contribution in [3.8, 4) is 11.4 Å². The van der Waals surface area contributed by atoms with Gasteiger partial charge in [-0.15, -0.1) is 5.10 Å². The predicted molar refractivity (Wildman–Crippen MR) is 85.9 cm³/mol. The summed E-state index contributed by atoms with van der Waals surface area (Å²) in [4.78, 5) is 11.9. The van der Waals surface area contributed by atoms with E-state index in [9.17, 15) is 4.79 Å². The quantitative estimate of drug-likeness (QED) is 0.716. The number of thioether (sulfide) groups is 1. The lowest BCUT2D eigenvalue weighted by Crippen LogP contribution is -2.36. The van der Waals surface area contributed by atoms with Crippen molar-refractivity contribution in [1.82, 2.24) is 25.5 Å². The summed E-state index contributed by atoms with van der Waals surface area (Å²) < 4.78 is 11.7. The smallest absolute Gasteiger partial charge is 0.230 e. The normalized spacial score (nSPS) is 12.0. The van der Waals surface area contributed by atoms with Gasteiger partial charge in [0.05, 0.1) is 25.2 Å². The summed E-state index contributed by atoms with van der Waals surface area (Å²) in [6, 6.07) is 7.31. The molecule has 1 heterocycles. The Hall–Kier alpha value is -2.13. The van der Waals surface area contributed by atoms with E-state index in [1.807, 2.05) is 31.2 Å². The second-order valence-corrected chi connectivity index (χ2v) is 5.73. The Morgan fingerprint density at radius 1 is 1.35 bits per heavy atom. The number of rotatable bonds is 8. The molecule has 0 fully saturated rings. The highest BCUT2D eigenvalue weighted by Gasteiger charge is 2.13. The summed E-state index contributed by atoms with van der Waals surface area (Å²) in [5.74, 6) is 0.885. The number of tetrazole rings is 1.